The van der Waals surface area contributed by atoms with Crippen LogP contribution < -0.4 is 15.5 Å². The first kappa shape index (κ1) is 22.1. The fraction of sp³-hybridized carbons (Fsp3) is 0.393. The van der Waals surface area contributed by atoms with Gasteiger partial charge in [0, 0.05) is 59.7 Å². The fourth-order valence-corrected chi connectivity index (χ4v) is 7.43. The van der Waals surface area contributed by atoms with Crippen LogP contribution in [-0.4, -0.2) is 58.2 Å². The van der Waals surface area contributed by atoms with Crippen LogP contribution in [0.4, 0.5) is 23.0 Å². The largest absolute Gasteiger partial charge is 0.368 e. The zero-order chi connectivity index (χ0) is 24.2. The molecule has 1 aliphatic carbocycles. The number of benzene rings is 2. The van der Waals surface area contributed by atoms with Crippen LogP contribution in [0.25, 0.3) is 11.3 Å². The van der Waals surface area contributed by atoms with Gasteiger partial charge in [-0.2, -0.15) is 0 Å². The number of amides is 1. The minimum atomic E-state index is 0.0443. The Hall–Kier alpha value is -3.10. The van der Waals surface area contributed by atoms with Crippen molar-refractivity contribution >= 4 is 40.7 Å². The van der Waals surface area contributed by atoms with E-state index >= 15 is 0 Å². The number of piperazine rings is 1. The molecule has 4 aliphatic rings. The van der Waals surface area contributed by atoms with Gasteiger partial charge in [0.15, 0.2) is 0 Å². The van der Waals surface area contributed by atoms with Crippen LogP contribution in [0.5, 0.6) is 0 Å². The van der Waals surface area contributed by atoms with Gasteiger partial charge in [-0.3, -0.25) is 9.69 Å². The number of rotatable bonds is 4. The lowest BCUT2D eigenvalue weighted by Gasteiger charge is -2.45. The Morgan fingerprint density at radius 2 is 2.06 bits per heavy atom. The van der Waals surface area contributed by atoms with E-state index < -0.39 is 0 Å². The van der Waals surface area contributed by atoms with Crippen LogP contribution in [0, 0.1) is 12.8 Å². The quantitative estimate of drug-likeness (QED) is 0.529. The average Bonchev–Trinajstić information content (AvgIpc) is 3.51. The van der Waals surface area contributed by atoms with Crippen LogP contribution in [0.2, 0.25) is 0 Å². The molecule has 3 fully saturated rings. The van der Waals surface area contributed by atoms with Crippen LogP contribution in [-0.2, 0) is 4.79 Å². The zero-order valence-corrected chi connectivity index (χ0v) is 21.2. The molecule has 8 heteroatoms. The summed E-state index contributed by atoms with van der Waals surface area (Å²) in [4.78, 5) is 27.3. The van der Waals surface area contributed by atoms with Crippen LogP contribution in [0.15, 0.2) is 53.6 Å². The molecule has 0 spiro atoms. The van der Waals surface area contributed by atoms with Gasteiger partial charge in [-0.05, 0) is 74.1 Å². The maximum absolute atomic E-state index is 11.6. The Morgan fingerprint density at radius 1 is 1.11 bits per heavy atom. The Labute approximate surface area is 215 Å². The van der Waals surface area contributed by atoms with Crippen molar-refractivity contribution in [1.29, 1.82) is 0 Å². The monoisotopic (exact) mass is 498 g/mol. The van der Waals surface area contributed by atoms with Gasteiger partial charge in [0.25, 0.3) is 0 Å². The summed E-state index contributed by atoms with van der Waals surface area (Å²) in [5.74, 6) is 1.97. The van der Waals surface area contributed by atoms with Gasteiger partial charge >= 0.3 is 0 Å². The number of nitrogens with zero attached hydrogens (tertiary/aromatic N) is 4. The number of aromatic nitrogens is 2. The van der Waals surface area contributed by atoms with Crippen molar-refractivity contribution in [3.05, 3.63) is 54.2 Å². The van der Waals surface area contributed by atoms with E-state index in [1.54, 1.807) is 18.0 Å². The average molecular weight is 499 g/mol. The number of carbonyl (C=O) groups is 1. The molecule has 2 aromatic carbocycles. The number of hydrogen-bond donors (Lipinski definition) is 2. The number of thioether (sulfide) groups is 1. The highest BCUT2D eigenvalue weighted by Crippen LogP contribution is 2.44. The Kier molecular flexibility index (Phi) is 5.40. The maximum atomic E-state index is 11.6. The number of fused-ring (bicyclic) bond motifs is 6. The van der Waals surface area contributed by atoms with Gasteiger partial charge in [-0.15, -0.1) is 11.8 Å². The molecule has 3 aromatic rings. The first-order valence-corrected chi connectivity index (χ1v) is 13.9. The summed E-state index contributed by atoms with van der Waals surface area (Å²) in [6, 6.07) is 16.1. The lowest BCUT2D eigenvalue weighted by atomic mass is 9.96. The Balaban J connectivity index is 1.07. The second-order valence-electron chi connectivity index (χ2n) is 10.4. The third-order valence-electron chi connectivity index (χ3n) is 8.28. The molecule has 0 radical (unpaired) electrons. The van der Waals surface area contributed by atoms with Crippen LogP contribution in [0.3, 0.4) is 0 Å². The summed E-state index contributed by atoms with van der Waals surface area (Å²) in [5.41, 5.74) is 6.34. The predicted octanol–water partition coefficient (Wildman–Crippen LogP) is 4.91. The lowest BCUT2D eigenvalue weighted by molar-refractivity contribution is -0.113. The van der Waals surface area contributed by atoms with Crippen molar-refractivity contribution in [2.24, 2.45) is 5.92 Å². The Bertz CT molecular complexity index is 1350. The van der Waals surface area contributed by atoms with E-state index in [1.807, 2.05) is 18.2 Å². The second kappa shape index (κ2) is 8.78. The topological polar surface area (TPSA) is 73.4 Å². The van der Waals surface area contributed by atoms with E-state index in [2.05, 4.69) is 56.6 Å². The minimum Gasteiger partial charge on any atom is -0.368 e. The van der Waals surface area contributed by atoms with Crippen molar-refractivity contribution in [1.82, 2.24) is 14.9 Å². The molecular weight excluding hydrogens is 468 g/mol. The summed E-state index contributed by atoms with van der Waals surface area (Å²) < 4.78 is 0. The molecule has 7 rings (SSSR count). The van der Waals surface area contributed by atoms with Crippen molar-refractivity contribution in [2.75, 3.05) is 40.9 Å². The predicted molar refractivity (Wildman–Crippen MR) is 145 cm³/mol. The van der Waals surface area contributed by atoms with Crippen LogP contribution >= 0.6 is 11.8 Å². The molecule has 1 aromatic heterocycles. The summed E-state index contributed by atoms with van der Waals surface area (Å²) >= 11 is 1.56. The van der Waals surface area contributed by atoms with E-state index in [1.165, 1.54) is 37.1 Å². The molecule has 2 N–H and O–H groups in total. The standard InChI is InChI=1S/C28H30N6OS/c1-17-12-20(4-7-24(17)33-10-11-34-21-5-2-19(13-21)25(34)15-33)30-28-29-9-8-22(32-28)18-3-6-23-26(14-18)36-16-27(35)31-23/h3-4,6-9,12,14,19,21,25H,2,5,10-11,13,15-16H2,1H3,(H,31,35)(H,29,30,32). The van der Waals surface area contributed by atoms with Crippen molar-refractivity contribution in [2.45, 2.75) is 43.2 Å². The summed E-state index contributed by atoms with van der Waals surface area (Å²) in [6.45, 7) is 5.66. The van der Waals surface area contributed by atoms with E-state index in [0.717, 1.165) is 58.6 Å². The molecule has 2 bridgehead atoms. The number of piperidine rings is 1. The molecule has 3 aliphatic heterocycles. The molecule has 3 unspecified atom stereocenters. The van der Waals surface area contributed by atoms with Crippen molar-refractivity contribution in [3.63, 3.8) is 0 Å². The van der Waals surface area contributed by atoms with Gasteiger partial charge in [-0.1, -0.05) is 6.07 Å². The van der Waals surface area contributed by atoms with E-state index in [9.17, 15) is 4.79 Å². The highest BCUT2D eigenvalue weighted by Gasteiger charge is 2.47. The van der Waals surface area contributed by atoms with Gasteiger partial charge < -0.3 is 15.5 Å². The van der Waals surface area contributed by atoms with Crippen molar-refractivity contribution < 1.29 is 4.79 Å². The minimum absolute atomic E-state index is 0.0443. The number of carbonyl (C=O) groups excluding carboxylic acids is 1. The zero-order valence-electron chi connectivity index (χ0n) is 20.4. The molecule has 4 heterocycles. The molecule has 1 saturated carbocycles. The normalized spacial score (nSPS) is 24.9. The molecule has 2 saturated heterocycles. The highest BCUT2D eigenvalue weighted by molar-refractivity contribution is 8.00. The molecule has 3 atom stereocenters. The lowest BCUT2D eigenvalue weighted by Crippen LogP contribution is -2.55. The molecule has 1 amide bonds. The smallest absolute Gasteiger partial charge is 0.234 e. The summed E-state index contributed by atoms with van der Waals surface area (Å²) in [5, 5.41) is 6.32. The first-order valence-electron chi connectivity index (χ1n) is 12.9. The third kappa shape index (κ3) is 3.92. The highest BCUT2D eigenvalue weighted by atomic mass is 32.2. The van der Waals surface area contributed by atoms with Gasteiger partial charge in [0.05, 0.1) is 17.1 Å². The molecule has 184 valence electrons. The third-order valence-corrected chi connectivity index (χ3v) is 9.33. The first-order chi connectivity index (χ1) is 17.6. The fourth-order valence-electron chi connectivity index (χ4n) is 6.59. The van der Waals surface area contributed by atoms with Crippen LogP contribution in [0.1, 0.15) is 24.8 Å². The van der Waals surface area contributed by atoms with E-state index in [-0.39, 0.29) is 5.91 Å². The maximum Gasteiger partial charge on any atom is 0.234 e. The van der Waals surface area contributed by atoms with Crippen molar-refractivity contribution in [3.8, 4) is 11.3 Å². The molecule has 7 nitrogen and oxygen atoms in total. The number of anilines is 4. The van der Waals surface area contributed by atoms with E-state index in [0.29, 0.717) is 11.7 Å². The SMILES string of the molecule is Cc1cc(Nc2nccc(-c3ccc4c(c3)SCC(=O)N4)n2)ccc1N1CCN2C3CCC(C3)C2C1. The molecular formula is C28H30N6OS. The number of nitrogens with one attached hydrogen (secondary N) is 2. The Morgan fingerprint density at radius 3 is 2.97 bits per heavy atom. The van der Waals surface area contributed by atoms with Gasteiger partial charge in [0.2, 0.25) is 11.9 Å². The van der Waals surface area contributed by atoms with E-state index in [4.69, 9.17) is 4.98 Å². The van der Waals surface area contributed by atoms with Gasteiger partial charge in [-0.25, -0.2) is 9.97 Å². The number of aryl methyl sites for hydroxylation is 1. The summed E-state index contributed by atoms with van der Waals surface area (Å²) in [6.07, 6.45) is 6.03. The van der Waals surface area contributed by atoms with Gasteiger partial charge in [0.1, 0.15) is 0 Å². The molecule has 36 heavy (non-hydrogen) atoms. The summed E-state index contributed by atoms with van der Waals surface area (Å²) in [7, 11) is 0. The number of hydrogen-bond acceptors (Lipinski definition) is 7. The second-order valence-corrected chi connectivity index (χ2v) is 11.4.